The molecule has 0 fully saturated rings. The predicted molar refractivity (Wildman–Crippen MR) is 52.0 cm³/mol. The maximum absolute atomic E-state index is 12.6. The largest absolute Gasteiger partial charge is 0.481 e. The van der Waals surface area contributed by atoms with Crippen molar-refractivity contribution in [1.29, 1.82) is 0 Å². The summed E-state index contributed by atoms with van der Waals surface area (Å²) < 4.78 is 37.8. The minimum atomic E-state index is -5.25. The van der Waals surface area contributed by atoms with E-state index in [4.69, 9.17) is 23.2 Å². The van der Waals surface area contributed by atoms with Gasteiger partial charge in [-0.25, -0.2) is 0 Å². The zero-order valence-corrected chi connectivity index (χ0v) is 8.97. The molecule has 1 rings (SSSR count). The van der Waals surface area contributed by atoms with E-state index in [9.17, 15) is 23.3 Å². The van der Waals surface area contributed by atoms with Crippen LogP contribution in [-0.4, -0.2) is 11.1 Å². The molecule has 16 heavy (non-hydrogen) atoms. The van der Waals surface area contributed by atoms with Crippen molar-refractivity contribution >= 4 is 23.2 Å². The van der Waals surface area contributed by atoms with Gasteiger partial charge in [0.15, 0.2) is 0 Å². The molecule has 88 valence electrons. The van der Waals surface area contributed by atoms with E-state index in [2.05, 4.69) is 0 Å². The number of nitrogens with zero attached hydrogens (tertiary/aromatic N) is 1. The smallest absolute Gasteiger partial charge is 0.262 e. The summed E-state index contributed by atoms with van der Waals surface area (Å²) in [6.07, 6.45) is -5.25. The van der Waals surface area contributed by atoms with Crippen LogP contribution in [0.3, 0.4) is 0 Å². The number of halogens is 5. The van der Waals surface area contributed by atoms with Gasteiger partial charge in [-0.05, 0) is 23.7 Å². The number of alkyl halides is 4. The number of rotatable bonds is 2. The lowest BCUT2D eigenvalue weighted by molar-refractivity contribution is -0.592. The van der Waals surface area contributed by atoms with E-state index >= 15 is 0 Å². The molecule has 0 aliphatic carbocycles. The molecule has 0 bridgehead atoms. The second-order valence-electron chi connectivity index (χ2n) is 2.86. The number of nitro groups is 1. The molecule has 1 aromatic rings. The maximum Gasteiger partial charge on any atom is 0.481 e. The SMILES string of the molecule is O=[N+]([O-])C(Cl)(c1ccccc1Cl)C(F)(F)F. The normalized spacial score (nSPS) is 15.6. The van der Waals surface area contributed by atoms with Crippen molar-refractivity contribution in [3.63, 3.8) is 0 Å². The summed E-state index contributed by atoms with van der Waals surface area (Å²) in [6, 6.07) is 4.50. The van der Waals surface area contributed by atoms with Gasteiger partial charge in [0.2, 0.25) is 0 Å². The fraction of sp³-hybridized carbons (Fsp3) is 0.250. The first-order chi connectivity index (χ1) is 7.21. The van der Waals surface area contributed by atoms with Crippen LogP contribution >= 0.6 is 23.2 Å². The van der Waals surface area contributed by atoms with Crippen molar-refractivity contribution in [3.8, 4) is 0 Å². The summed E-state index contributed by atoms with van der Waals surface area (Å²) in [5.74, 6) is 0. The van der Waals surface area contributed by atoms with Crippen LogP contribution in [0.2, 0.25) is 5.02 Å². The van der Waals surface area contributed by atoms with Crippen molar-refractivity contribution in [2.45, 2.75) is 11.2 Å². The second-order valence-corrected chi connectivity index (χ2v) is 3.81. The highest BCUT2D eigenvalue weighted by Gasteiger charge is 2.67. The first-order valence-corrected chi connectivity index (χ1v) is 4.62. The molecule has 0 N–H and O–H groups in total. The highest BCUT2D eigenvalue weighted by atomic mass is 35.5. The molecule has 1 aromatic carbocycles. The molecular weight excluding hydrogens is 270 g/mol. The van der Waals surface area contributed by atoms with Crippen LogP contribution in [0.5, 0.6) is 0 Å². The van der Waals surface area contributed by atoms with Crippen molar-refractivity contribution in [2.75, 3.05) is 0 Å². The lowest BCUT2D eigenvalue weighted by Gasteiger charge is -2.21. The molecule has 1 unspecified atom stereocenters. The van der Waals surface area contributed by atoms with Gasteiger partial charge in [-0.2, -0.15) is 13.2 Å². The Bertz CT molecular complexity index is 424. The van der Waals surface area contributed by atoms with Crippen molar-refractivity contribution in [3.05, 3.63) is 45.0 Å². The van der Waals surface area contributed by atoms with Crippen LogP contribution in [0, 0.1) is 10.1 Å². The van der Waals surface area contributed by atoms with E-state index in [1.165, 1.54) is 12.1 Å². The fourth-order valence-electron chi connectivity index (χ4n) is 1.08. The molecule has 3 nitrogen and oxygen atoms in total. The summed E-state index contributed by atoms with van der Waals surface area (Å²) in [7, 11) is 0. The molecule has 0 amide bonds. The van der Waals surface area contributed by atoms with E-state index in [-0.39, 0.29) is 0 Å². The Morgan fingerprint density at radius 2 is 1.75 bits per heavy atom. The molecule has 0 heterocycles. The molecule has 0 aliphatic heterocycles. The Labute approximate surface area is 97.9 Å². The monoisotopic (exact) mass is 273 g/mol. The zero-order valence-electron chi connectivity index (χ0n) is 7.46. The lowest BCUT2D eigenvalue weighted by Crippen LogP contribution is -2.44. The van der Waals surface area contributed by atoms with Gasteiger partial charge in [0.25, 0.3) is 0 Å². The summed E-state index contributed by atoms with van der Waals surface area (Å²) in [5.41, 5.74) is -0.796. The fourth-order valence-corrected chi connectivity index (χ4v) is 1.57. The average molecular weight is 274 g/mol. The van der Waals surface area contributed by atoms with Crippen LogP contribution in [-0.2, 0) is 5.00 Å². The first kappa shape index (κ1) is 13.1. The number of benzene rings is 1. The second kappa shape index (κ2) is 4.10. The third-order valence-corrected chi connectivity index (χ3v) is 2.74. The molecule has 0 saturated heterocycles. The third kappa shape index (κ3) is 1.94. The molecule has 1 atom stereocenters. The lowest BCUT2D eigenvalue weighted by atomic mass is 10.1. The van der Waals surface area contributed by atoms with Gasteiger partial charge in [-0.1, -0.05) is 23.7 Å². The van der Waals surface area contributed by atoms with E-state index in [1.807, 2.05) is 0 Å². The minimum absolute atomic E-state index is 0.411. The Hall–Kier alpha value is -1.01. The molecule has 0 aliphatic rings. The minimum Gasteiger partial charge on any atom is -0.262 e. The molecule has 0 aromatic heterocycles. The van der Waals surface area contributed by atoms with E-state index in [0.29, 0.717) is 0 Å². The molecule has 0 saturated carbocycles. The summed E-state index contributed by atoms with van der Waals surface area (Å²) in [4.78, 5) is 5.18. The summed E-state index contributed by atoms with van der Waals surface area (Å²) in [6.45, 7) is 0. The van der Waals surface area contributed by atoms with E-state index in [1.54, 1.807) is 0 Å². The van der Waals surface area contributed by atoms with Crippen LogP contribution in [0.4, 0.5) is 13.2 Å². The maximum atomic E-state index is 12.6. The van der Waals surface area contributed by atoms with Crippen molar-refractivity contribution in [2.24, 2.45) is 0 Å². The molecular formula is C8H4Cl2F3NO2. The Morgan fingerprint density at radius 3 is 2.12 bits per heavy atom. The Morgan fingerprint density at radius 1 is 1.25 bits per heavy atom. The van der Waals surface area contributed by atoms with Crippen LogP contribution in [0.25, 0.3) is 0 Å². The van der Waals surface area contributed by atoms with Gasteiger partial charge in [-0.3, -0.25) is 10.1 Å². The highest BCUT2D eigenvalue weighted by molar-refractivity contribution is 6.33. The summed E-state index contributed by atoms with van der Waals surface area (Å²) in [5, 5.41) is 10.1. The highest BCUT2D eigenvalue weighted by Crippen LogP contribution is 2.47. The van der Waals surface area contributed by atoms with E-state index < -0.39 is 26.7 Å². The van der Waals surface area contributed by atoms with Gasteiger partial charge in [0.1, 0.15) is 0 Å². The van der Waals surface area contributed by atoms with Crippen LogP contribution in [0.1, 0.15) is 5.56 Å². The van der Waals surface area contributed by atoms with Gasteiger partial charge < -0.3 is 0 Å². The first-order valence-electron chi connectivity index (χ1n) is 3.86. The molecule has 0 radical (unpaired) electrons. The number of hydrogen-bond acceptors (Lipinski definition) is 2. The zero-order chi connectivity index (χ0) is 12.6. The van der Waals surface area contributed by atoms with Crippen molar-refractivity contribution in [1.82, 2.24) is 0 Å². The van der Waals surface area contributed by atoms with Gasteiger partial charge in [0, 0.05) is 0 Å². The van der Waals surface area contributed by atoms with Gasteiger partial charge >= 0.3 is 11.2 Å². The Balaban J connectivity index is 3.46. The van der Waals surface area contributed by atoms with Crippen LogP contribution < -0.4 is 0 Å². The van der Waals surface area contributed by atoms with Crippen LogP contribution in [0.15, 0.2) is 24.3 Å². The quantitative estimate of drug-likeness (QED) is 0.358. The predicted octanol–water partition coefficient (Wildman–Crippen LogP) is 3.57. The van der Waals surface area contributed by atoms with Gasteiger partial charge in [0.05, 0.1) is 15.5 Å². The topological polar surface area (TPSA) is 43.1 Å². The Kier molecular flexibility index (Phi) is 3.35. The third-order valence-electron chi connectivity index (χ3n) is 1.86. The van der Waals surface area contributed by atoms with Crippen molar-refractivity contribution < 1.29 is 18.1 Å². The summed E-state index contributed by atoms with van der Waals surface area (Å²) >= 11 is 10.5. The molecule has 0 spiro atoms. The number of hydrogen-bond donors (Lipinski definition) is 0. The standard InChI is InChI=1S/C8H4Cl2F3NO2/c9-6-4-2-1-3-5(6)7(10,14(15)16)8(11,12)13/h1-4H. The molecule has 8 heteroatoms. The van der Waals surface area contributed by atoms with E-state index in [0.717, 1.165) is 12.1 Å². The van der Waals surface area contributed by atoms with Gasteiger partial charge in [-0.15, -0.1) is 0 Å². The average Bonchev–Trinajstić information content (AvgIpc) is 2.15.